The van der Waals surface area contributed by atoms with Crippen molar-refractivity contribution in [2.24, 2.45) is 4.99 Å². The van der Waals surface area contributed by atoms with Crippen molar-refractivity contribution in [3.63, 3.8) is 0 Å². The van der Waals surface area contributed by atoms with Crippen LogP contribution < -0.4 is 10.6 Å². The predicted octanol–water partition coefficient (Wildman–Crippen LogP) is 2.07. The number of hydrogen-bond acceptors (Lipinski definition) is 4. The van der Waals surface area contributed by atoms with Crippen LogP contribution in [0.25, 0.3) is 0 Å². The summed E-state index contributed by atoms with van der Waals surface area (Å²) in [4.78, 5) is 15.5. The molecule has 20 heavy (non-hydrogen) atoms. The maximum absolute atomic E-state index is 11.4. The second kappa shape index (κ2) is 8.83. The van der Waals surface area contributed by atoms with Crippen molar-refractivity contribution in [2.45, 2.75) is 33.4 Å². The molecule has 1 heterocycles. The number of halogens is 1. The lowest BCUT2D eigenvalue weighted by molar-refractivity contribution is 0.0599. The molecule has 114 valence electrons. The minimum Gasteiger partial charge on any atom is -0.465 e. The number of ether oxygens (including phenoxy) is 1. The van der Waals surface area contributed by atoms with Gasteiger partial charge in [-0.1, -0.05) is 0 Å². The summed E-state index contributed by atoms with van der Waals surface area (Å²) in [6.07, 6.45) is 0. The zero-order chi connectivity index (χ0) is 14.4. The van der Waals surface area contributed by atoms with E-state index in [0.29, 0.717) is 29.6 Å². The Morgan fingerprint density at radius 1 is 1.50 bits per heavy atom. The van der Waals surface area contributed by atoms with E-state index >= 15 is 0 Å². The van der Waals surface area contributed by atoms with E-state index < -0.39 is 5.97 Å². The first kappa shape index (κ1) is 18.8. The fourth-order valence-electron chi connectivity index (χ4n) is 1.58. The summed E-state index contributed by atoms with van der Waals surface area (Å²) < 4.78 is 10.2. The Hall–Kier alpha value is -1.25. The molecule has 1 aromatic heterocycles. The van der Waals surface area contributed by atoms with Crippen LogP contribution in [0.3, 0.4) is 0 Å². The van der Waals surface area contributed by atoms with Gasteiger partial charge in [-0.3, -0.25) is 4.99 Å². The van der Waals surface area contributed by atoms with Gasteiger partial charge >= 0.3 is 5.97 Å². The van der Waals surface area contributed by atoms with Crippen LogP contribution in [-0.4, -0.2) is 32.1 Å². The van der Waals surface area contributed by atoms with Gasteiger partial charge in [0.25, 0.3) is 0 Å². The van der Waals surface area contributed by atoms with Gasteiger partial charge in [0.15, 0.2) is 5.96 Å². The van der Waals surface area contributed by atoms with Crippen molar-refractivity contribution >= 4 is 35.9 Å². The zero-order valence-corrected chi connectivity index (χ0v) is 14.8. The van der Waals surface area contributed by atoms with Crippen molar-refractivity contribution in [1.29, 1.82) is 0 Å². The molecule has 7 heteroatoms. The minimum absolute atomic E-state index is 0. The molecule has 0 aromatic carbocycles. The summed E-state index contributed by atoms with van der Waals surface area (Å²) >= 11 is 0. The Labute approximate surface area is 136 Å². The number of carbonyl (C=O) groups is 1. The summed E-state index contributed by atoms with van der Waals surface area (Å²) in [6, 6.07) is 1.96. The van der Waals surface area contributed by atoms with Gasteiger partial charge < -0.3 is 19.8 Å². The summed E-state index contributed by atoms with van der Waals surface area (Å²) in [7, 11) is 3.05. The van der Waals surface area contributed by atoms with E-state index in [0.717, 1.165) is 0 Å². The highest BCUT2D eigenvalue weighted by Crippen LogP contribution is 2.15. The third-order valence-corrected chi connectivity index (χ3v) is 2.45. The first-order valence-corrected chi connectivity index (χ1v) is 6.12. The minimum atomic E-state index is -0.391. The van der Waals surface area contributed by atoms with Gasteiger partial charge in [-0.2, -0.15) is 0 Å². The molecule has 0 spiro atoms. The van der Waals surface area contributed by atoms with E-state index in [1.807, 2.05) is 13.8 Å². The number of furan rings is 1. The smallest absolute Gasteiger partial charge is 0.341 e. The lowest BCUT2D eigenvalue weighted by Gasteiger charge is -2.13. The zero-order valence-electron chi connectivity index (χ0n) is 12.4. The van der Waals surface area contributed by atoms with E-state index in [1.165, 1.54) is 7.11 Å². The lowest BCUT2D eigenvalue weighted by atomic mass is 10.2. The first-order valence-electron chi connectivity index (χ1n) is 6.12. The molecular formula is C13H22IN3O3. The van der Waals surface area contributed by atoms with Crippen molar-refractivity contribution in [2.75, 3.05) is 14.2 Å². The highest BCUT2D eigenvalue weighted by Gasteiger charge is 2.15. The van der Waals surface area contributed by atoms with Crippen molar-refractivity contribution in [1.82, 2.24) is 10.6 Å². The summed E-state index contributed by atoms with van der Waals surface area (Å²) in [5, 5.41) is 6.27. The third kappa shape index (κ3) is 5.40. The van der Waals surface area contributed by atoms with Gasteiger partial charge in [0.2, 0.25) is 0 Å². The summed E-state index contributed by atoms with van der Waals surface area (Å²) in [5.74, 6) is 1.50. The van der Waals surface area contributed by atoms with E-state index in [2.05, 4.69) is 20.4 Å². The van der Waals surface area contributed by atoms with E-state index in [4.69, 9.17) is 4.42 Å². The van der Waals surface area contributed by atoms with Crippen LogP contribution >= 0.6 is 24.0 Å². The van der Waals surface area contributed by atoms with Crippen LogP contribution in [0.2, 0.25) is 0 Å². The summed E-state index contributed by atoms with van der Waals surface area (Å²) in [5.41, 5.74) is 0.450. The van der Waals surface area contributed by atoms with Gasteiger partial charge in [0.05, 0.1) is 13.7 Å². The Bertz CT molecular complexity index is 469. The van der Waals surface area contributed by atoms with Gasteiger partial charge in [-0.25, -0.2) is 4.79 Å². The Morgan fingerprint density at radius 2 is 2.15 bits per heavy atom. The number of hydrogen-bond donors (Lipinski definition) is 2. The number of esters is 1. The van der Waals surface area contributed by atoms with Crippen LogP contribution in [0.1, 0.15) is 35.7 Å². The number of nitrogens with one attached hydrogen (secondary N) is 2. The average Bonchev–Trinajstić information content (AvgIpc) is 2.74. The van der Waals surface area contributed by atoms with Crippen molar-refractivity contribution in [3.05, 3.63) is 23.2 Å². The molecule has 0 aliphatic heterocycles. The maximum Gasteiger partial charge on any atom is 0.341 e. The Kier molecular flexibility index (Phi) is 8.28. The standard InChI is InChI=1S/C13H21N3O3.HI/c1-8(2)16-13(14-4)15-7-10-6-11(9(3)19-10)12(17)18-5;/h6,8H,7H2,1-5H3,(H2,14,15,16);1H. The first-order chi connectivity index (χ1) is 8.97. The number of rotatable bonds is 4. The van der Waals surface area contributed by atoms with Gasteiger partial charge in [0, 0.05) is 13.1 Å². The van der Waals surface area contributed by atoms with E-state index in [9.17, 15) is 4.79 Å². The fourth-order valence-corrected chi connectivity index (χ4v) is 1.58. The average molecular weight is 395 g/mol. The van der Waals surface area contributed by atoms with Crippen LogP contribution in [0, 0.1) is 6.92 Å². The molecule has 6 nitrogen and oxygen atoms in total. The molecule has 0 bridgehead atoms. The molecule has 2 N–H and O–H groups in total. The highest BCUT2D eigenvalue weighted by molar-refractivity contribution is 14.0. The Balaban J connectivity index is 0.00000361. The van der Waals surface area contributed by atoms with E-state index in [1.54, 1.807) is 20.0 Å². The molecule has 0 fully saturated rings. The second-order valence-corrected chi connectivity index (χ2v) is 4.40. The predicted molar refractivity (Wildman–Crippen MR) is 88.7 cm³/mol. The molecule has 0 aliphatic carbocycles. The Morgan fingerprint density at radius 3 is 2.65 bits per heavy atom. The van der Waals surface area contributed by atoms with Gasteiger partial charge in [-0.05, 0) is 26.8 Å². The highest BCUT2D eigenvalue weighted by atomic mass is 127. The topological polar surface area (TPSA) is 75.9 Å². The molecule has 0 saturated carbocycles. The number of guanidine groups is 1. The van der Waals surface area contributed by atoms with Gasteiger partial charge in [-0.15, -0.1) is 24.0 Å². The van der Waals surface area contributed by atoms with Crippen molar-refractivity contribution in [3.8, 4) is 0 Å². The number of nitrogens with zero attached hydrogens (tertiary/aromatic N) is 1. The molecule has 0 amide bonds. The molecule has 1 aromatic rings. The normalized spacial score (nSPS) is 11.0. The molecule has 1 rings (SSSR count). The monoisotopic (exact) mass is 395 g/mol. The largest absolute Gasteiger partial charge is 0.465 e. The van der Waals surface area contributed by atoms with Crippen LogP contribution in [0.5, 0.6) is 0 Å². The second-order valence-electron chi connectivity index (χ2n) is 4.40. The number of carbonyl (C=O) groups excluding carboxylic acids is 1. The van der Waals surface area contributed by atoms with Crippen LogP contribution in [0.15, 0.2) is 15.5 Å². The molecule has 0 aliphatic rings. The molecular weight excluding hydrogens is 373 g/mol. The molecule has 0 atom stereocenters. The van der Waals surface area contributed by atoms with Crippen LogP contribution in [0.4, 0.5) is 0 Å². The third-order valence-electron chi connectivity index (χ3n) is 2.45. The van der Waals surface area contributed by atoms with Gasteiger partial charge in [0.1, 0.15) is 17.1 Å². The van der Waals surface area contributed by atoms with Crippen molar-refractivity contribution < 1.29 is 13.9 Å². The van der Waals surface area contributed by atoms with Crippen LogP contribution in [-0.2, 0) is 11.3 Å². The SMILES string of the molecule is CN=C(NCc1cc(C(=O)OC)c(C)o1)NC(C)C.I. The summed E-state index contributed by atoms with van der Waals surface area (Å²) in [6.45, 7) is 6.24. The number of aryl methyl sites for hydroxylation is 1. The number of methoxy groups -OCH3 is 1. The molecule has 0 radical (unpaired) electrons. The van der Waals surface area contributed by atoms with E-state index in [-0.39, 0.29) is 30.0 Å². The molecule has 0 saturated heterocycles. The fraction of sp³-hybridized carbons (Fsp3) is 0.538. The number of aliphatic imine (C=N–C) groups is 1. The maximum atomic E-state index is 11.4. The molecule has 0 unspecified atom stereocenters. The quantitative estimate of drug-likeness (QED) is 0.353. The lowest BCUT2D eigenvalue weighted by Crippen LogP contribution is -2.40.